The number of alkyl halides is 1. The molecule has 0 radical (unpaired) electrons. The van der Waals surface area contributed by atoms with Crippen LogP contribution < -0.4 is 0 Å². The zero-order chi connectivity index (χ0) is 21.0. The van der Waals surface area contributed by atoms with Gasteiger partial charge in [-0.15, -0.1) is 11.6 Å². The lowest BCUT2D eigenvalue weighted by molar-refractivity contribution is -0.384. The van der Waals surface area contributed by atoms with Gasteiger partial charge in [-0.3, -0.25) is 10.1 Å². The molecule has 1 N–H and O–H groups in total. The second kappa shape index (κ2) is 8.95. The molecule has 1 aliphatic carbocycles. The van der Waals surface area contributed by atoms with E-state index in [2.05, 4.69) is 31.1 Å². The summed E-state index contributed by atoms with van der Waals surface area (Å²) in [7, 11) is 0. The Kier molecular flexibility index (Phi) is 6.58. The van der Waals surface area contributed by atoms with Crippen LogP contribution in [-0.2, 0) is 5.41 Å². The molecule has 5 nitrogen and oxygen atoms in total. The van der Waals surface area contributed by atoms with Crippen molar-refractivity contribution >= 4 is 23.0 Å². The van der Waals surface area contributed by atoms with Gasteiger partial charge in [-0.25, -0.2) is 0 Å². The zero-order valence-corrected chi connectivity index (χ0v) is 17.7. The highest BCUT2D eigenvalue weighted by Gasteiger charge is 2.42. The molecule has 0 fully saturated rings. The van der Waals surface area contributed by atoms with Crippen molar-refractivity contribution in [3.8, 4) is 11.1 Å². The van der Waals surface area contributed by atoms with Gasteiger partial charge >= 0.3 is 0 Å². The predicted molar refractivity (Wildman–Crippen MR) is 117 cm³/mol. The van der Waals surface area contributed by atoms with E-state index in [1.807, 2.05) is 12.1 Å². The molecule has 0 spiro atoms. The third-order valence-corrected chi connectivity index (χ3v) is 6.18. The standard InChI is InChI=1S/C23H27ClN2O3/c1-3-11-23(12-4-2)20-14-16(22(25-27)6-5-13-24)7-9-18(20)19-10-8-17(26(28)29)15-21(19)23/h7-10,14-15,27H,3-6,11-13H2,1-2H3/b25-22+. The molecule has 0 aromatic heterocycles. The van der Waals surface area contributed by atoms with Crippen molar-refractivity contribution in [3.05, 3.63) is 63.2 Å². The normalized spacial score (nSPS) is 14.5. The molecule has 0 saturated carbocycles. The van der Waals surface area contributed by atoms with Gasteiger partial charge in [0.2, 0.25) is 0 Å². The summed E-state index contributed by atoms with van der Waals surface area (Å²) in [5.74, 6) is 0.509. The summed E-state index contributed by atoms with van der Waals surface area (Å²) in [4.78, 5) is 11.1. The van der Waals surface area contributed by atoms with Gasteiger partial charge in [-0.2, -0.15) is 0 Å². The van der Waals surface area contributed by atoms with Gasteiger partial charge in [0.05, 0.1) is 10.6 Å². The quantitative estimate of drug-likeness (QED) is 0.164. The molecule has 0 unspecified atom stereocenters. The number of nitro groups is 1. The number of hydrogen-bond acceptors (Lipinski definition) is 4. The molecule has 0 saturated heterocycles. The van der Waals surface area contributed by atoms with Crippen LogP contribution >= 0.6 is 11.6 Å². The van der Waals surface area contributed by atoms with E-state index in [0.29, 0.717) is 18.0 Å². The number of halogens is 1. The van der Waals surface area contributed by atoms with Gasteiger partial charge in [-0.05, 0) is 65.6 Å². The third kappa shape index (κ3) is 3.76. The average Bonchev–Trinajstić information content (AvgIpc) is 2.98. The fourth-order valence-electron chi connectivity index (χ4n) is 4.78. The van der Waals surface area contributed by atoms with E-state index < -0.39 is 0 Å². The second-order valence-electron chi connectivity index (χ2n) is 7.67. The molecule has 29 heavy (non-hydrogen) atoms. The minimum absolute atomic E-state index is 0.132. The maximum atomic E-state index is 11.4. The van der Waals surface area contributed by atoms with Crippen LogP contribution in [0.1, 0.15) is 69.1 Å². The van der Waals surface area contributed by atoms with Crippen molar-refractivity contribution < 1.29 is 10.1 Å². The molecular formula is C23H27ClN2O3. The lowest BCUT2D eigenvalue weighted by atomic mass is 9.71. The molecular weight excluding hydrogens is 388 g/mol. The molecule has 3 rings (SSSR count). The van der Waals surface area contributed by atoms with Crippen LogP contribution in [0.15, 0.2) is 41.6 Å². The number of fused-ring (bicyclic) bond motifs is 3. The molecule has 0 heterocycles. The van der Waals surface area contributed by atoms with Crippen LogP contribution in [0.5, 0.6) is 0 Å². The summed E-state index contributed by atoms with van der Waals surface area (Å²) in [5.41, 5.74) is 5.80. The van der Waals surface area contributed by atoms with Gasteiger partial charge in [0.25, 0.3) is 5.69 Å². The summed E-state index contributed by atoms with van der Waals surface area (Å²) in [5, 5.41) is 24.5. The van der Waals surface area contributed by atoms with Crippen LogP contribution in [0.2, 0.25) is 0 Å². The topological polar surface area (TPSA) is 75.7 Å². The minimum Gasteiger partial charge on any atom is -0.411 e. The minimum atomic E-state index is -0.319. The van der Waals surface area contributed by atoms with Crippen molar-refractivity contribution in [2.24, 2.45) is 5.16 Å². The van der Waals surface area contributed by atoms with Crippen molar-refractivity contribution in [1.29, 1.82) is 0 Å². The Morgan fingerprint density at radius 2 is 1.72 bits per heavy atom. The Balaban J connectivity index is 2.21. The predicted octanol–water partition coefficient (Wildman–Crippen LogP) is 6.66. The Morgan fingerprint density at radius 1 is 1.10 bits per heavy atom. The lowest BCUT2D eigenvalue weighted by Crippen LogP contribution is -2.25. The first-order chi connectivity index (χ1) is 14.0. The highest BCUT2D eigenvalue weighted by Crippen LogP contribution is 2.54. The van der Waals surface area contributed by atoms with Crippen molar-refractivity contribution in [1.82, 2.24) is 0 Å². The summed E-state index contributed by atoms with van der Waals surface area (Å²) in [6, 6.07) is 11.4. The van der Waals surface area contributed by atoms with E-state index in [-0.39, 0.29) is 16.0 Å². The summed E-state index contributed by atoms with van der Waals surface area (Å²) in [6.45, 7) is 4.30. The van der Waals surface area contributed by atoms with Crippen LogP contribution in [0.4, 0.5) is 5.69 Å². The van der Waals surface area contributed by atoms with Crippen molar-refractivity contribution in [3.63, 3.8) is 0 Å². The fourth-order valence-corrected chi connectivity index (χ4v) is 4.91. The molecule has 2 aromatic carbocycles. The van der Waals surface area contributed by atoms with Crippen LogP contribution in [-0.4, -0.2) is 21.7 Å². The third-order valence-electron chi connectivity index (χ3n) is 5.91. The average molecular weight is 415 g/mol. The number of oxime groups is 1. The number of hydrogen-bond donors (Lipinski definition) is 1. The monoisotopic (exact) mass is 414 g/mol. The van der Waals surface area contributed by atoms with E-state index in [0.717, 1.165) is 54.4 Å². The Bertz CT molecular complexity index is 934. The second-order valence-corrected chi connectivity index (χ2v) is 8.05. The van der Waals surface area contributed by atoms with E-state index in [9.17, 15) is 15.3 Å². The molecule has 0 aliphatic heterocycles. The maximum Gasteiger partial charge on any atom is 0.269 e. The van der Waals surface area contributed by atoms with E-state index in [1.54, 1.807) is 12.1 Å². The Morgan fingerprint density at radius 3 is 2.28 bits per heavy atom. The van der Waals surface area contributed by atoms with Gasteiger partial charge < -0.3 is 5.21 Å². The number of nitrogens with zero attached hydrogens (tertiary/aromatic N) is 2. The highest BCUT2D eigenvalue weighted by atomic mass is 35.5. The molecule has 2 aromatic rings. The highest BCUT2D eigenvalue weighted by molar-refractivity contribution is 6.18. The number of benzene rings is 2. The smallest absolute Gasteiger partial charge is 0.269 e. The molecule has 0 atom stereocenters. The lowest BCUT2D eigenvalue weighted by Gasteiger charge is -2.32. The first-order valence-electron chi connectivity index (χ1n) is 10.2. The van der Waals surface area contributed by atoms with Crippen molar-refractivity contribution in [2.75, 3.05) is 5.88 Å². The summed E-state index contributed by atoms with van der Waals surface area (Å²) < 4.78 is 0. The molecule has 6 heteroatoms. The van der Waals surface area contributed by atoms with Crippen LogP contribution in [0, 0.1) is 10.1 Å². The van der Waals surface area contributed by atoms with Gasteiger partial charge in [0.15, 0.2) is 0 Å². The maximum absolute atomic E-state index is 11.4. The number of nitro benzene ring substituents is 1. The van der Waals surface area contributed by atoms with E-state index >= 15 is 0 Å². The summed E-state index contributed by atoms with van der Waals surface area (Å²) in [6.07, 6.45) is 5.11. The first-order valence-corrected chi connectivity index (χ1v) is 10.8. The SMILES string of the molecule is CCCC1(CCC)c2cc(/C(CCCCl)=N/O)ccc2-c2ccc([N+](=O)[O-])cc21. The van der Waals surface area contributed by atoms with Crippen LogP contribution in [0.3, 0.4) is 0 Å². The van der Waals surface area contributed by atoms with E-state index in [4.69, 9.17) is 11.6 Å². The van der Waals surface area contributed by atoms with Gasteiger partial charge in [0, 0.05) is 23.4 Å². The van der Waals surface area contributed by atoms with Crippen LogP contribution in [0.25, 0.3) is 11.1 Å². The number of non-ortho nitro benzene ring substituents is 1. The van der Waals surface area contributed by atoms with Gasteiger partial charge in [0.1, 0.15) is 0 Å². The Hall–Kier alpha value is -2.40. The van der Waals surface area contributed by atoms with Gasteiger partial charge in [-0.1, -0.05) is 44.0 Å². The Labute approximate surface area is 176 Å². The fraction of sp³-hybridized carbons (Fsp3) is 0.435. The van der Waals surface area contributed by atoms with Crippen molar-refractivity contribution in [2.45, 2.75) is 57.8 Å². The molecule has 0 bridgehead atoms. The first kappa shape index (κ1) is 21.3. The van der Waals surface area contributed by atoms with E-state index in [1.165, 1.54) is 5.56 Å². The zero-order valence-electron chi connectivity index (χ0n) is 16.9. The molecule has 154 valence electrons. The largest absolute Gasteiger partial charge is 0.411 e. The number of rotatable bonds is 9. The molecule has 0 amide bonds. The molecule has 1 aliphatic rings. The summed E-state index contributed by atoms with van der Waals surface area (Å²) >= 11 is 5.82.